The third-order valence-electron chi connectivity index (χ3n) is 5.00. The van der Waals surface area contributed by atoms with Crippen LogP contribution in [0.4, 0.5) is 11.5 Å². The summed E-state index contributed by atoms with van der Waals surface area (Å²) >= 11 is 3.38. The second kappa shape index (κ2) is 10.3. The summed E-state index contributed by atoms with van der Waals surface area (Å²) in [6.07, 6.45) is 1.45. The van der Waals surface area contributed by atoms with Gasteiger partial charge >= 0.3 is 6.01 Å². The molecule has 0 saturated heterocycles. The number of hydrogen-bond acceptors (Lipinski definition) is 8. The third-order valence-corrected chi connectivity index (χ3v) is 6.90. The van der Waals surface area contributed by atoms with Gasteiger partial charge in [0.2, 0.25) is 5.88 Å². The number of ether oxygens (including phenoxy) is 2. The van der Waals surface area contributed by atoms with Crippen LogP contribution in [-0.4, -0.2) is 48.6 Å². The summed E-state index contributed by atoms with van der Waals surface area (Å²) in [5, 5.41) is 3.04. The zero-order valence-electron chi connectivity index (χ0n) is 19.4. The number of anilines is 1. The number of benzene rings is 2. The fourth-order valence-electron chi connectivity index (χ4n) is 3.18. The molecule has 2 heterocycles. The monoisotopic (exact) mass is 572 g/mol. The highest BCUT2D eigenvalue weighted by molar-refractivity contribution is 9.10. The van der Waals surface area contributed by atoms with E-state index in [1.165, 1.54) is 55.4 Å². The van der Waals surface area contributed by atoms with Crippen LogP contribution in [0.15, 0.2) is 73.8 Å². The summed E-state index contributed by atoms with van der Waals surface area (Å²) in [7, 11) is -1.20. The first-order chi connectivity index (χ1) is 17.2. The van der Waals surface area contributed by atoms with Crippen LogP contribution in [0.2, 0.25) is 0 Å². The maximum absolute atomic E-state index is 12.9. The Labute approximate surface area is 215 Å². The van der Waals surface area contributed by atoms with E-state index in [-0.39, 0.29) is 28.2 Å². The molecule has 0 atom stereocenters. The van der Waals surface area contributed by atoms with Crippen molar-refractivity contribution in [3.63, 3.8) is 0 Å². The lowest BCUT2D eigenvalue weighted by Gasteiger charge is -2.09. The van der Waals surface area contributed by atoms with Crippen LogP contribution < -0.4 is 19.8 Å². The molecule has 0 unspecified atom stereocenters. The number of methoxy groups -OCH3 is 2. The summed E-state index contributed by atoms with van der Waals surface area (Å²) in [4.78, 5) is 25.1. The molecule has 0 amide bonds. The summed E-state index contributed by atoms with van der Waals surface area (Å²) in [6, 6.07) is 14.4. The van der Waals surface area contributed by atoms with Gasteiger partial charge in [-0.3, -0.25) is 19.6 Å². The van der Waals surface area contributed by atoms with Gasteiger partial charge in [-0.1, -0.05) is 15.9 Å². The Balaban J connectivity index is 1.54. The van der Waals surface area contributed by atoms with Crippen molar-refractivity contribution in [2.24, 2.45) is 4.99 Å². The molecule has 0 radical (unpaired) electrons. The molecular weight excluding hydrogens is 552 g/mol. The molecule has 0 aliphatic carbocycles. The highest BCUT2D eigenvalue weighted by Crippen LogP contribution is 2.22. The van der Waals surface area contributed by atoms with Gasteiger partial charge in [0.05, 0.1) is 36.1 Å². The van der Waals surface area contributed by atoms with Crippen molar-refractivity contribution in [3.05, 3.63) is 80.7 Å². The first kappa shape index (κ1) is 25.1. The molecule has 11 nitrogen and oxygen atoms in total. The van der Waals surface area contributed by atoms with E-state index in [9.17, 15) is 13.2 Å². The SMILES string of the molecule is COc1cc(NS(=O)(=O)c2ccc(N=Cc3c(C)[nH]n(-c4ccc(Br)cc4)c3=O)cc2)nc(OC)n1. The first-order valence-corrected chi connectivity index (χ1v) is 12.7. The second-order valence-electron chi connectivity index (χ2n) is 7.41. The number of nitrogens with one attached hydrogen (secondary N) is 2. The Bertz CT molecular complexity index is 1560. The molecule has 2 N–H and O–H groups in total. The van der Waals surface area contributed by atoms with Crippen molar-refractivity contribution >= 4 is 43.7 Å². The molecule has 13 heteroatoms. The van der Waals surface area contributed by atoms with E-state index < -0.39 is 10.0 Å². The smallest absolute Gasteiger partial charge is 0.321 e. The van der Waals surface area contributed by atoms with Crippen LogP contribution in [-0.2, 0) is 10.0 Å². The minimum Gasteiger partial charge on any atom is -0.481 e. The van der Waals surface area contributed by atoms with E-state index >= 15 is 0 Å². The Hall–Kier alpha value is -3.97. The summed E-state index contributed by atoms with van der Waals surface area (Å²) in [6.45, 7) is 1.77. The molecule has 0 fully saturated rings. The van der Waals surface area contributed by atoms with Crippen molar-refractivity contribution < 1.29 is 17.9 Å². The Kier molecular flexibility index (Phi) is 7.22. The summed E-state index contributed by atoms with van der Waals surface area (Å²) in [5.41, 5.74) is 1.94. The number of aryl methyl sites for hydroxylation is 1. The van der Waals surface area contributed by atoms with Gasteiger partial charge in [-0.2, -0.15) is 9.97 Å². The normalized spacial score (nSPS) is 11.6. The maximum Gasteiger partial charge on any atom is 0.321 e. The number of rotatable bonds is 8. The number of sulfonamides is 1. The van der Waals surface area contributed by atoms with Crippen molar-refractivity contribution in [1.82, 2.24) is 19.7 Å². The van der Waals surface area contributed by atoms with E-state index in [1.807, 2.05) is 24.3 Å². The highest BCUT2D eigenvalue weighted by Gasteiger charge is 2.17. The van der Waals surface area contributed by atoms with Gasteiger partial charge in [-0.05, 0) is 55.5 Å². The van der Waals surface area contributed by atoms with Crippen LogP contribution in [0.5, 0.6) is 11.9 Å². The number of hydrogen-bond donors (Lipinski definition) is 2. The second-order valence-corrected chi connectivity index (χ2v) is 10.0. The molecule has 0 aliphatic rings. The standard InChI is InChI=1S/C23H21BrN6O5S/c1-14-19(22(31)30(28-14)17-8-4-15(24)5-9-17)13-25-16-6-10-18(11-7-16)36(32,33)29-20-12-21(34-2)27-23(26-20)35-3/h4-13,28H,1-3H3,(H,26,27,29). The molecule has 2 aromatic carbocycles. The maximum atomic E-state index is 12.9. The van der Waals surface area contributed by atoms with Crippen molar-refractivity contribution in [2.45, 2.75) is 11.8 Å². The van der Waals surface area contributed by atoms with Crippen LogP contribution in [0.3, 0.4) is 0 Å². The Morgan fingerprint density at radius 2 is 1.75 bits per heavy atom. The van der Waals surface area contributed by atoms with Gasteiger partial charge in [0.15, 0.2) is 5.82 Å². The number of aromatic nitrogens is 4. The number of aliphatic imine (C=N–C) groups is 1. The van der Waals surface area contributed by atoms with Gasteiger partial charge in [-0.15, -0.1) is 0 Å². The van der Waals surface area contributed by atoms with E-state index in [2.05, 4.69) is 40.7 Å². The molecule has 4 aromatic rings. The van der Waals surface area contributed by atoms with Crippen LogP contribution in [0.25, 0.3) is 5.69 Å². The average molecular weight is 573 g/mol. The number of H-pyrrole nitrogens is 1. The molecular formula is C23H21BrN6O5S. The summed E-state index contributed by atoms with van der Waals surface area (Å²) in [5.74, 6) is 0.134. The zero-order chi connectivity index (χ0) is 25.9. The molecule has 36 heavy (non-hydrogen) atoms. The van der Waals surface area contributed by atoms with Gasteiger partial charge in [-0.25, -0.2) is 13.1 Å². The van der Waals surface area contributed by atoms with Crippen molar-refractivity contribution in [1.29, 1.82) is 0 Å². The molecule has 0 spiro atoms. The van der Waals surface area contributed by atoms with Crippen LogP contribution in [0.1, 0.15) is 11.3 Å². The Morgan fingerprint density at radius 3 is 2.39 bits per heavy atom. The molecule has 0 aliphatic heterocycles. The average Bonchev–Trinajstić information content (AvgIpc) is 3.15. The lowest BCUT2D eigenvalue weighted by Crippen LogP contribution is -2.17. The van der Waals surface area contributed by atoms with Gasteiger partial charge in [0.1, 0.15) is 0 Å². The fourth-order valence-corrected chi connectivity index (χ4v) is 4.44. The predicted octanol–water partition coefficient (Wildman–Crippen LogP) is 3.60. The van der Waals surface area contributed by atoms with E-state index in [0.717, 1.165) is 4.47 Å². The van der Waals surface area contributed by atoms with Crippen molar-refractivity contribution in [2.75, 3.05) is 18.9 Å². The number of halogens is 1. The lowest BCUT2D eigenvalue weighted by atomic mass is 10.2. The van der Waals surface area contributed by atoms with Gasteiger partial charge < -0.3 is 9.47 Å². The third kappa shape index (κ3) is 5.47. The summed E-state index contributed by atoms with van der Waals surface area (Å²) < 4.78 is 40.3. The van der Waals surface area contributed by atoms with Crippen molar-refractivity contribution in [3.8, 4) is 17.6 Å². The van der Waals surface area contributed by atoms with Gasteiger partial charge in [0, 0.05) is 22.4 Å². The first-order valence-electron chi connectivity index (χ1n) is 10.4. The minimum absolute atomic E-state index is 0.00610. The highest BCUT2D eigenvalue weighted by atomic mass is 79.9. The topological polar surface area (TPSA) is 141 Å². The van der Waals surface area contributed by atoms with Crippen LogP contribution in [0, 0.1) is 6.92 Å². The molecule has 0 saturated carbocycles. The zero-order valence-corrected chi connectivity index (χ0v) is 21.8. The number of nitrogens with zero attached hydrogens (tertiary/aromatic N) is 4. The van der Waals surface area contributed by atoms with Gasteiger partial charge in [0.25, 0.3) is 15.6 Å². The van der Waals surface area contributed by atoms with E-state index in [0.29, 0.717) is 22.6 Å². The molecule has 2 aromatic heterocycles. The largest absolute Gasteiger partial charge is 0.481 e. The van der Waals surface area contributed by atoms with E-state index in [1.54, 1.807) is 6.92 Å². The molecule has 4 rings (SSSR count). The fraction of sp³-hybridized carbons (Fsp3) is 0.130. The lowest BCUT2D eigenvalue weighted by molar-refractivity contribution is 0.353. The number of aromatic amines is 1. The quantitative estimate of drug-likeness (QED) is 0.307. The van der Waals surface area contributed by atoms with Crippen LogP contribution >= 0.6 is 15.9 Å². The molecule has 186 valence electrons. The van der Waals surface area contributed by atoms with E-state index in [4.69, 9.17) is 9.47 Å². The predicted molar refractivity (Wildman–Crippen MR) is 138 cm³/mol. The Morgan fingerprint density at radius 1 is 1.06 bits per heavy atom. The minimum atomic E-state index is -3.96. The molecule has 0 bridgehead atoms.